The molecule has 3 aromatic rings. The van der Waals surface area contributed by atoms with Crippen LogP contribution in [0.3, 0.4) is 0 Å². The Kier molecular flexibility index (Phi) is 6.71. The molecule has 6 N–H and O–H groups in total. The van der Waals surface area contributed by atoms with Gasteiger partial charge in [-0.05, 0) is 31.9 Å². The number of hydrogen-bond donors (Lipinski definition) is 5. The zero-order chi connectivity index (χ0) is 23.6. The number of hydrogen-bond acceptors (Lipinski definition) is 8. The molecule has 0 amide bonds. The summed E-state index contributed by atoms with van der Waals surface area (Å²) in [6.07, 6.45) is 3.35. The molecule has 0 spiro atoms. The number of anilines is 1. The monoisotopic (exact) mass is 455 g/mol. The Bertz CT molecular complexity index is 1100. The molecule has 176 valence electrons. The van der Waals surface area contributed by atoms with Gasteiger partial charge in [0.2, 0.25) is 0 Å². The van der Waals surface area contributed by atoms with E-state index in [2.05, 4.69) is 25.7 Å². The lowest BCUT2D eigenvalue weighted by molar-refractivity contribution is 0.0577. The molecule has 1 fully saturated rings. The molecule has 0 radical (unpaired) electrons. The summed E-state index contributed by atoms with van der Waals surface area (Å²) in [5, 5.41) is 31.0. The van der Waals surface area contributed by atoms with Crippen molar-refractivity contribution < 1.29 is 14.6 Å². The average Bonchev–Trinajstić information content (AvgIpc) is 3.21. The standard InChI is InChI=1S/C23H30FN7O2/c1-23(2,33)13-31-12-16(8-28-31)14-4-3-5-15(6-14)19-11-27-21(25)20(30-19)22(32)29-18-7-17(24)9-26-10-18/h3-6,8,11-12,17-18,22,26,29,32-33H,7,9-10,13H2,1-2H3,(H2,25,27). The number of benzene rings is 1. The molecule has 3 heterocycles. The van der Waals surface area contributed by atoms with Crippen LogP contribution in [0.1, 0.15) is 32.2 Å². The van der Waals surface area contributed by atoms with Gasteiger partial charge in [0, 0.05) is 36.5 Å². The van der Waals surface area contributed by atoms with E-state index in [4.69, 9.17) is 5.73 Å². The van der Waals surface area contributed by atoms with Crippen molar-refractivity contribution in [3.63, 3.8) is 0 Å². The maximum absolute atomic E-state index is 13.7. The Hall–Kier alpha value is -2.92. The first-order valence-electron chi connectivity index (χ1n) is 10.9. The van der Waals surface area contributed by atoms with Crippen LogP contribution in [0.4, 0.5) is 10.2 Å². The molecule has 10 heteroatoms. The van der Waals surface area contributed by atoms with Gasteiger partial charge < -0.3 is 21.3 Å². The maximum Gasteiger partial charge on any atom is 0.152 e. The van der Waals surface area contributed by atoms with Crippen LogP contribution in [0, 0.1) is 0 Å². The smallest absolute Gasteiger partial charge is 0.152 e. The molecule has 3 unspecified atom stereocenters. The largest absolute Gasteiger partial charge is 0.389 e. The Labute approximate surface area is 191 Å². The van der Waals surface area contributed by atoms with Crippen LogP contribution in [-0.4, -0.2) is 60.9 Å². The molecule has 3 atom stereocenters. The molecule has 0 aliphatic carbocycles. The molecular weight excluding hydrogens is 425 g/mol. The van der Waals surface area contributed by atoms with E-state index in [1.165, 1.54) is 0 Å². The Morgan fingerprint density at radius 2 is 2.06 bits per heavy atom. The van der Waals surface area contributed by atoms with Gasteiger partial charge in [-0.1, -0.05) is 18.2 Å². The molecular formula is C23H30FN7O2. The number of aliphatic hydroxyl groups excluding tert-OH is 1. The maximum atomic E-state index is 13.7. The average molecular weight is 456 g/mol. The van der Waals surface area contributed by atoms with Crippen LogP contribution in [0.25, 0.3) is 22.4 Å². The van der Waals surface area contributed by atoms with Crippen molar-refractivity contribution in [2.45, 2.75) is 50.9 Å². The first kappa shape index (κ1) is 23.2. The number of nitrogens with one attached hydrogen (secondary N) is 2. The van der Waals surface area contributed by atoms with Gasteiger partial charge in [-0.3, -0.25) is 10.00 Å². The first-order chi connectivity index (χ1) is 15.7. The van der Waals surface area contributed by atoms with Gasteiger partial charge in [-0.15, -0.1) is 0 Å². The van der Waals surface area contributed by atoms with Crippen LogP contribution in [-0.2, 0) is 6.54 Å². The normalized spacial score (nSPS) is 20.0. The van der Waals surface area contributed by atoms with Gasteiger partial charge >= 0.3 is 0 Å². The van der Waals surface area contributed by atoms with Gasteiger partial charge in [0.1, 0.15) is 17.7 Å². The second kappa shape index (κ2) is 9.52. The molecule has 9 nitrogen and oxygen atoms in total. The predicted octanol–water partition coefficient (Wildman–Crippen LogP) is 1.64. The van der Waals surface area contributed by atoms with Crippen molar-refractivity contribution in [2.24, 2.45) is 0 Å². The molecule has 33 heavy (non-hydrogen) atoms. The third-order valence-electron chi connectivity index (χ3n) is 5.45. The SMILES string of the molecule is CC(C)(O)Cn1cc(-c2cccc(-c3cnc(N)c(C(O)NC4CNCC(F)C4)n3)c2)cn1. The van der Waals surface area contributed by atoms with E-state index in [0.29, 0.717) is 31.7 Å². The molecule has 1 saturated heterocycles. The van der Waals surface area contributed by atoms with Gasteiger partial charge in [0.25, 0.3) is 0 Å². The van der Waals surface area contributed by atoms with Crippen molar-refractivity contribution in [3.05, 3.63) is 48.5 Å². The zero-order valence-electron chi connectivity index (χ0n) is 18.7. The fourth-order valence-electron chi connectivity index (χ4n) is 3.93. The Balaban J connectivity index is 1.55. The summed E-state index contributed by atoms with van der Waals surface area (Å²) in [6.45, 7) is 4.71. The van der Waals surface area contributed by atoms with E-state index < -0.39 is 18.0 Å². The van der Waals surface area contributed by atoms with Crippen molar-refractivity contribution >= 4 is 5.82 Å². The summed E-state index contributed by atoms with van der Waals surface area (Å²) in [6, 6.07) is 7.47. The van der Waals surface area contributed by atoms with Crippen molar-refractivity contribution in [2.75, 3.05) is 18.8 Å². The van der Waals surface area contributed by atoms with Gasteiger partial charge in [-0.2, -0.15) is 5.10 Å². The van der Waals surface area contributed by atoms with E-state index in [1.54, 1.807) is 30.9 Å². The minimum Gasteiger partial charge on any atom is -0.389 e. The number of nitrogens with two attached hydrogens (primary N) is 1. The van der Waals surface area contributed by atoms with Crippen molar-refractivity contribution in [3.8, 4) is 22.4 Å². The van der Waals surface area contributed by atoms with E-state index in [9.17, 15) is 14.6 Å². The highest BCUT2D eigenvalue weighted by Gasteiger charge is 2.25. The number of aromatic nitrogens is 4. The van der Waals surface area contributed by atoms with E-state index in [1.807, 2.05) is 30.5 Å². The molecule has 1 aromatic carbocycles. The van der Waals surface area contributed by atoms with E-state index >= 15 is 0 Å². The third kappa shape index (κ3) is 5.91. The van der Waals surface area contributed by atoms with Gasteiger partial charge in [0.15, 0.2) is 6.23 Å². The number of piperidine rings is 1. The highest BCUT2D eigenvalue weighted by molar-refractivity contribution is 5.70. The lowest BCUT2D eigenvalue weighted by Gasteiger charge is -2.28. The zero-order valence-corrected chi connectivity index (χ0v) is 18.7. The number of nitrogens with zero attached hydrogens (tertiary/aromatic N) is 4. The van der Waals surface area contributed by atoms with Crippen LogP contribution in [0.2, 0.25) is 0 Å². The minimum atomic E-state index is -1.17. The number of aliphatic hydroxyl groups is 2. The Morgan fingerprint density at radius 3 is 2.82 bits per heavy atom. The quantitative estimate of drug-likeness (QED) is 0.340. The van der Waals surface area contributed by atoms with Crippen molar-refractivity contribution in [1.82, 2.24) is 30.4 Å². The predicted molar refractivity (Wildman–Crippen MR) is 124 cm³/mol. The lowest BCUT2D eigenvalue weighted by Crippen LogP contribution is -2.49. The van der Waals surface area contributed by atoms with Crippen LogP contribution >= 0.6 is 0 Å². The fourth-order valence-corrected chi connectivity index (χ4v) is 3.93. The number of halogens is 1. The number of rotatable bonds is 7. The molecule has 0 bridgehead atoms. The fraction of sp³-hybridized carbons (Fsp3) is 0.435. The minimum absolute atomic E-state index is 0.114. The lowest BCUT2D eigenvalue weighted by atomic mass is 10.0. The topological polar surface area (TPSA) is 134 Å². The summed E-state index contributed by atoms with van der Waals surface area (Å²) >= 11 is 0. The summed E-state index contributed by atoms with van der Waals surface area (Å²) in [7, 11) is 0. The summed E-state index contributed by atoms with van der Waals surface area (Å²) in [5.74, 6) is 0.114. The van der Waals surface area contributed by atoms with E-state index in [-0.39, 0.29) is 17.6 Å². The highest BCUT2D eigenvalue weighted by atomic mass is 19.1. The summed E-state index contributed by atoms with van der Waals surface area (Å²) < 4.78 is 15.4. The molecule has 4 rings (SSSR count). The second-order valence-corrected chi connectivity index (χ2v) is 9.10. The van der Waals surface area contributed by atoms with Crippen molar-refractivity contribution in [1.29, 1.82) is 0 Å². The van der Waals surface area contributed by atoms with E-state index in [0.717, 1.165) is 16.7 Å². The summed E-state index contributed by atoms with van der Waals surface area (Å²) in [4.78, 5) is 8.76. The number of nitrogen functional groups attached to an aromatic ring is 1. The van der Waals surface area contributed by atoms with Crippen LogP contribution in [0.5, 0.6) is 0 Å². The Morgan fingerprint density at radius 1 is 1.27 bits per heavy atom. The third-order valence-corrected chi connectivity index (χ3v) is 5.45. The highest BCUT2D eigenvalue weighted by Crippen LogP contribution is 2.27. The van der Waals surface area contributed by atoms with Gasteiger partial charge in [0.05, 0.1) is 30.2 Å². The second-order valence-electron chi connectivity index (χ2n) is 9.10. The van der Waals surface area contributed by atoms with Gasteiger partial charge in [-0.25, -0.2) is 14.4 Å². The van der Waals surface area contributed by atoms with Crippen LogP contribution in [0.15, 0.2) is 42.9 Å². The molecule has 1 aliphatic heterocycles. The molecule has 0 saturated carbocycles. The first-order valence-corrected chi connectivity index (χ1v) is 10.9. The molecule has 1 aliphatic rings. The number of alkyl halides is 1. The molecule has 2 aromatic heterocycles. The van der Waals surface area contributed by atoms with Crippen LogP contribution < -0.4 is 16.4 Å². The summed E-state index contributed by atoms with van der Waals surface area (Å²) in [5.41, 5.74) is 8.50.